The molecule has 1 atom stereocenters. The summed E-state index contributed by atoms with van der Waals surface area (Å²) in [6, 6.07) is 5.25. The molecule has 1 N–H and O–H groups in total. The number of carbonyl (C=O) groups excluding carboxylic acids is 1. The van der Waals surface area contributed by atoms with Gasteiger partial charge in [-0.25, -0.2) is 0 Å². The lowest BCUT2D eigenvalue weighted by atomic mass is 9.94. The normalized spacial score (nSPS) is 19.3. The molecule has 6 heteroatoms. The molecule has 0 bridgehead atoms. The molecule has 1 aromatic rings. The predicted molar refractivity (Wildman–Crippen MR) is 82.8 cm³/mol. The summed E-state index contributed by atoms with van der Waals surface area (Å²) in [7, 11) is 0. The van der Waals surface area contributed by atoms with Crippen molar-refractivity contribution < 1.29 is 18.0 Å². The first-order chi connectivity index (χ1) is 10.9. The monoisotopic (exact) mass is 326 g/mol. The molecule has 23 heavy (non-hydrogen) atoms. The fourth-order valence-electron chi connectivity index (χ4n) is 2.88. The molecular formula is C17H21F3N2O. The van der Waals surface area contributed by atoms with E-state index in [9.17, 15) is 18.0 Å². The maximum Gasteiger partial charge on any atom is 0.416 e. The van der Waals surface area contributed by atoms with Crippen molar-refractivity contribution in [2.45, 2.75) is 31.5 Å². The summed E-state index contributed by atoms with van der Waals surface area (Å²) in [5.41, 5.74) is 0.182. The number of nitrogens with zero attached hydrogens (tertiary/aromatic N) is 1. The van der Waals surface area contributed by atoms with Gasteiger partial charge in [0.1, 0.15) is 0 Å². The Morgan fingerprint density at radius 3 is 2.61 bits per heavy atom. The van der Waals surface area contributed by atoms with Crippen LogP contribution in [0.1, 0.15) is 36.4 Å². The van der Waals surface area contributed by atoms with Crippen LogP contribution in [0.3, 0.4) is 0 Å². The number of benzene rings is 1. The molecule has 1 aromatic carbocycles. The summed E-state index contributed by atoms with van der Waals surface area (Å²) in [5, 5.41) is 2.73. The Balaban J connectivity index is 2.08. The molecule has 1 aliphatic rings. The van der Waals surface area contributed by atoms with Crippen LogP contribution in [0.5, 0.6) is 0 Å². The van der Waals surface area contributed by atoms with Gasteiger partial charge in [-0.05, 0) is 37.1 Å². The minimum absolute atomic E-state index is 0.0134. The summed E-state index contributed by atoms with van der Waals surface area (Å²) < 4.78 is 38.0. The van der Waals surface area contributed by atoms with E-state index in [2.05, 4.69) is 11.9 Å². The summed E-state index contributed by atoms with van der Waals surface area (Å²) in [5.74, 6) is -0.0938. The SMILES string of the molecule is C=CCNC(=O)CN1CCCCC1c1ccc(C(F)(F)F)cc1. The van der Waals surface area contributed by atoms with Crippen molar-refractivity contribution in [2.75, 3.05) is 19.6 Å². The molecule has 0 radical (unpaired) electrons. The van der Waals surface area contributed by atoms with Crippen LogP contribution in [0.15, 0.2) is 36.9 Å². The van der Waals surface area contributed by atoms with Crippen LogP contribution >= 0.6 is 0 Å². The van der Waals surface area contributed by atoms with Gasteiger partial charge in [0.05, 0.1) is 12.1 Å². The molecule has 1 aliphatic heterocycles. The van der Waals surface area contributed by atoms with E-state index >= 15 is 0 Å². The van der Waals surface area contributed by atoms with Gasteiger partial charge in [0.15, 0.2) is 0 Å². The molecule has 1 amide bonds. The Hall–Kier alpha value is -1.82. The highest BCUT2D eigenvalue weighted by Gasteiger charge is 2.31. The molecule has 1 heterocycles. The average molecular weight is 326 g/mol. The van der Waals surface area contributed by atoms with Crippen molar-refractivity contribution >= 4 is 5.91 Å². The minimum Gasteiger partial charge on any atom is -0.352 e. The maximum absolute atomic E-state index is 12.7. The van der Waals surface area contributed by atoms with Gasteiger partial charge in [0, 0.05) is 12.6 Å². The van der Waals surface area contributed by atoms with Crippen LogP contribution in [0.2, 0.25) is 0 Å². The maximum atomic E-state index is 12.7. The van der Waals surface area contributed by atoms with Gasteiger partial charge in [0.2, 0.25) is 5.91 Å². The fraction of sp³-hybridized carbons (Fsp3) is 0.471. The molecule has 0 saturated carbocycles. The van der Waals surface area contributed by atoms with Crippen LogP contribution in [-0.2, 0) is 11.0 Å². The molecular weight excluding hydrogens is 305 g/mol. The zero-order chi connectivity index (χ0) is 16.9. The number of rotatable bonds is 5. The minimum atomic E-state index is -4.32. The molecule has 0 spiro atoms. The topological polar surface area (TPSA) is 32.3 Å². The quantitative estimate of drug-likeness (QED) is 0.840. The largest absolute Gasteiger partial charge is 0.416 e. The van der Waals surface area contributed by atoms with E-state index < -0.39 is 11.7 Å². The first-order valence-corrected chi connectivity index (χ1v) is 7.70. The third-order valence-corrected chi connectivity index (χ3v) is 4.03. The lowest BCUT2D eigenvalue weighted by molar-refractivity contribution is -0.137. The Labute approximate surface area is 134 Å². The fourth-order valence-corrected chi connectivity index (χ4v) is 2.88. The van der Waals surface area contributed by atoms with Gasteiger partial charge in [-0.15, -0.1) is 6.58 Å². The van der Waals surface area contributed by atoms with Crippen LogP contribution < -0.4 is 5.32 Å². The first kappa shape index (κ1) is 17.5. The smallest absolute Gasteiger partial charge is 0.352 e. The summed E-state index contributed by atoms with van der Waals surface area (Å²) in [6.45, 7) is 4.98. The van der Waals surface area contributed by atoms with Gasteiger partial charge < -0.3 is 5.32 Å². The number of nitrogens with one attached hydrogen (secondary N) is 1. The summed E-state index contributed by atoms with van der Waals surface area (Å²) >= 11 is 0. The zero-order valence-electron chi connectivity index (χ0n) is 12.9. The van der Waals surface area contributed by atoms with E-state index in [-0.39, 0.29) is 18.5 Å². The van der Waals surface area contributed by atoms with Crippen LogP contribution in [0.25, 0.3) is 0 Å². The molecule has 2 rings (SSSR count). The molecule has 1 fully saturated rings. The number of piperidine rings is 1. The Morgan fingerprint density at radius 1 is 1.30 bits per heavy atom. The second kappa shape index (κ2) is 7.64. The van der Waals surface area contributed by atoms with Crippen molar-refractivity contribution in [3.8, 4) is 0 Å². The molecule has 126 valence electrons. The number of amides is 1. The van der Waals surface area contributed by atoms with E-state index in [1.165, 1.54) is 12.1 Å². The zero-order valence-corrected chi connectivity index (χ0v) is 12.9. The highest BCUT2D eigenvalue weighted by atomic mass is 19.4. The number of alkyl halides is 3. The van der Waals surface area contributed by atoms with Crippen molar-refractivity contribution in [1.29, 1.82) is 0 Å². The van der Waals surface area contributed by atoms with Gasteiger partial charge in [-0.1, -0.05) is 24.6 Å². The summed E-state index contributed by atoms with van der Waals surface area (Å²) in [6.07, 6.45) is 0.138. The lowest BCUT2D eigenvalue weighted by Gasteiger charge is -2.35. The van der Waals surface area contributed by atoms with Crippen LogP contribution in [-0.4, -0.2) is 30.4 Å². The third-order valence-electron chi connectivity index (χ3n) is 4.03. The van der Waals surface area contributed by atoms with Crippen molar-refractivity contribution in [2.24, 2.45) is 0 Å². The van der Waals surface area contributed by atoms with Gasteiger partial charge in [0.25, 0.3) is 0 Å². The molecule has 1 saturated heterocycles. The number of hydrogen-bond acceptors (Lipinski definition) is 2. The van der Waals surface area contributed by atoms with E-state index in [4.69, 9.17) is 0 Å². The number of carbonyl (C=O) groups is 1. The average Bonchev–Trinajstić information content (AvgIpc) is 2.53. The highest BCUT2D eigenvalue weighted by molar-refractivity contribution is 5.78. The Bertz CT molecular complexity index is 540. The van der Waals surface area contributed by atoms with Crippen molar-refractivity contribution in [3.05, 3.63) is 48.0 Å². The number of likely N-dealkylation sites (tertiary alicyclic amines) is 1. The van der Waals surface area contributed by atoms with Crippen LogP contribution in [0, 0.1) is 0 Å². The summed E-state index contributed by atoms with van der Waals surface area (Å²) in [4.78, 5) is 13.9. The Morgan fingerprint density at radius 2 is 2.00 bits per heavy atom. The first-order valence-electron chi connectivity index (χ1n) is 7.70. The standard InChI is InChI=1S/C17H21F3N2O/c1-2-10-21-16(23)12-22-11-4-3-5-15(22)13-6-8-14(9-7-13)17(18,19)20/h2,6-9,15H,1,3-5,10-12H2,(H,21,23). The van der Waals surface area contributed by atoms with Gasteiger partial charge in [-0.2, -0.15) is 13.2 Å². The number of hydrogen-bond donors (Lipinski definition) is 1. The number of halogens is 3. The van der Waals surface area contributed by atoms with E-state index in [1.807, 2.05) is 4.90 Å². The third kappa shape index (κ3) is 4.82. The molecule has 1 unspecified atom stereocenters. The van der Waals surface area contributed by atoms with Crippen molar-refractivity contribution in [3.63, 3.8) is 0 Å². The second-order valence-electron chi connectivity index (χ2n) is 5.69. The lowest BCUT2D eigenvalue weighted by Crippen LogP contribution is -2.41. The van der Waals surface area contributed by atoms with Gasteiger partial charge in [-0.3, -0.25) is 9.69 Å². The van der Waals surface area contributed by atoms with Crippen molar-refractivity contribution in [1.82, 2.24) is 10.2 Å². The molecule has 0 aromatic heterocycles. The van der Waals surface area contributed by atoms with E-state index in [1.54, 1.807) is 6.08 Å². The highest BCUT2D eigenvalue weighted by Crippen LogP contribution is 2.34. The Kier molecular flexibility index (Phi) is 5.82. The van der Waals surface area contributed by atoms with Crippen LogP contribution in [0.4, 0.5) is 13.2 Å². The molecule has 0 aliphatic carbocycles. The van der Waals surface area contributed by atoms with Gasteiger partial charge >= 0.3 is 6.18 Å². The predicted octanol–water partition coefficient (Wildman–Crippen LogP) is 3.53. The van der Waals surface area contributed by atoms with E-state index in [0.29, 0.717) is 6.54 Å². The van der Waals surface area contributed by atoms with E-state index in [0.717, 1.165) is 43.5 Å². The molecule has 3 nitrogen and oxygen atoms in total. The second-order valence-corrected chi connectivity index (χ2v) is 5.69.